The molecule has 0 aromatic rings. The first-order valence-electron chi connectivity index (χ1n) is 4.71. The van der Waals surface area contributed by atoms with E-state index in [4.69, 9.17) is 5.73 Å². The summed E-state index contributed by atoms with van der Waals surface area (Å²) in [6, 6.07) is 0. The summed E-state index contributed by atoms with van der Waals surface area (Å²) in [6.45, 7) is 7.22. The van der Waals surface area contributed by atoms with E-state index in [1.807, 2.05) is 0 Å². The van der Waals surface area contributed by atoms with Gasteiger partial charge in [-0.15, -0.1) is 0 Å². The van der Waals surface area contributed by atoms with Gasteiger partial charge in [0.1, 0.15) is 0 Å². The van der Waals surface area contributed by atoms with Gasteiger partial charge in [-0.05, 0) is 31.8 Å². The van der Waals surface area contributed by atoms with E-state index in [1.54, 1.807) is 0 Å². The summed E-state index contributed by atoms with van der Waals surface area (Å²) in [6.07, 6.45) is 7.73. The molecule has 1 aliphatic rings. The molecular formula is C11H19N. The molecule has 0 amide bonds. The van der Waals surface area contributed by atoms with Gasteiger partial charge in [0.25, 0.3) is 0 Å². The third-order valence-electron chi connectivity index (χ3n) is 3.05. The van der Waals surface area contributed by atoms with E-state index >= 15 is 0 Å². The van der Waals surface area contributed by atoms with Crippen molar-refractivity contribution in [2.75, 3.05) is 6.54 Å². The van der Waals surface area contributed by atoms with Gasteiger partial charge in [-0.1, -0.05) is 25.2 Å². The zero-order chi connectivity index (χ0) is 9.19. The van der Waals surface area contributed by atoms with E-state index in [-0.39, 0.29) is 0 Å². The number of hydrogen-bond acceptors (Lipinski definition) is 1. The highest BCUT2D eigenvalue weighted by atomic mass is 14.7. The molecule has 0 aliphatic heterocycles. The van der Waals surface area contributed by atoms with Gasteiger partial charge < -0.3 is 5.73 Å². The first kappa shape index (κ1) is 9.53. The number of hydrogen-bond donors (Lipinski definition) is 1. The van der Waals surface area contributed by atoms with E-state index in [1.165, 1.54) is 12.0 Å². The first-order chi connectivity index (χ1) is 5.71. The summed E-state index contributed by atoms with van der Waals surface area (Å²) in [4.78, 5) is 0. The van der Waals surface area contributed by atoms with Gasteiger partial charge >= 0.3 is 0 Å². The summed E-state index contributed by atoms with van der Waals surface area (Å²) in [5.74, 6) is 0.768. The lowest BCUT2D eigenvalue weighted by atomic mass is 9.93. The molecule has 1 nitrogen and oxygen atoms in total. The molecule has 2 N–H and O–H groups in total. The second kappa shape index (κ2) is 3.44. The van der Waals surface area contributed by atoms with Gasteiger partial charge in [-0.2, -0.15) is 0 Å². The van der Waals surface area contributed by atoms with E-state index < -0.39 is 0 Å². The van der Waals surface area contributed by atoms with Gasteiger partial charge in [0.2, 0.25) is 0 Å². The monoisotopic (exact) mass is 165 g/mol. The van der Waals surface area contributed by atoms with Crippen LogP contribution in [0.4, 0.5) is 0 Å². The zero-order valence-corrected chi connectivity index (χ0v) is 8.30. The van der Waals surface area contributed by atoms with Crippen LogP contribution in [0.1, 0.15) is 27.2 Å². The third-order valence-corrected chi connectivity index (χ3v) is 3.05. The quantitative estimate of drug-likeness (QED) is 0.639. The minimum Gasteiger partial charge on any atom is -0.330 e. The molecule has 68 valence electrons. The maximum Gasteiger partial charge on any atom is 0.0101 e. The average Bonchev–Trinajstić information content (AvgIpc) is 2.74. The lowest BCUT2D eigenvalue weighted by Gasteiger charge is -2.15. The van der Waals surface area contributed by atoms with Crippen LogP contribution in [-0.2, 0) is 0 Å². The average molecular weight is 165 g/mol. The Morgan fingerprint density at radius 2 is 2.17 bits per heavy atom. The second-order valence-electron chi connectivity index (χ2n) is 3.71. The van der Waals surface area contributed by atoms with Gasteiger partial charge in [0.05, 0.1) is 0 Å². The molecule has 1 rings (SSSR count). The van der Waals surface area contributed by atoms with Crippen molar-refractivity contribution in [3.63, 3.8) is 0 Å². The Hall–Kier alpha value is -0.560. The standard InChI is InChI=1S/C11H19N/c1-4-6-10(5-2)11(8-12)7-9(11)3/h4-6,9H,7-8,12H2,1-3H3/b6-4-,10-5+/t9-,11?/m1/s1. The lowest BCUT2D eigenvalue weighted by Crippen LogP contribution is -2.19. The van der Waals surface area contributed by atoms with Crippen LogP contribution < -0.4 is 5.73 Å². The van der Waals surface area contributed by atoms with Gasteiger partial charge in [-0.25, -0.2) is 0 Å². The largest absolute Gasteiger partial charge is 0.330 e. The maximum atomic E-state index is 5.79. The molecule has 1 unspecified atom stereocenters. The van der Waals surface area contributed by atoms with E-state index in [9.17, 15) is 0 Å². The van der Waals surface area contributed by atoms with Crippen molar-refractivity contribution < 1.29 is 0 Å². The molecule has 1 aliphatic carbocycles. The lowest BCUT2D eigenvalue weighted by molar-refractivity contribution is 0.578. The third kappa shape index (κ3) is 1.34. The van der Waals surface area contributed by atoms with Crippen molar-refractivity contribution >= 4 is 0 Å². The number of nitrogens with two attached hydrogens (primary N) is 1. The van der Waals surface area contributed by atoms with Crippen LogP contribution in [-0.4, -0.2) is 6.54 Å². The minimum absolute atomic E-state index is 0.321. The Kier molecular flexibility index (Phi) is 2.73. The molecule has 1 saturated carbocycles. The van der Waals surface area contributed by atoms with Crippen molar-refractivity contribution in [3.05, 3.63) is 23.8 Å². The van der Waals surface area contributed by atoms with Gasteiger partial charge in [0.15, 0.2) is 0 Å². The molecule has 0 radical (unpaired) electrons. The highest BCUT2D eigenvalue weighted by Gasteiger charge is 2.51. The Morgan fingerprint density at radius 3 is 2.42 bits per heavy atom. The number of rotatable bonds is 3. The fourth-order valence-corrected chi connectivity index (χ4v) is 2.02. The topological polar surface area (TPSA) is 26.0 Å². The van der Waals surface area contributed by atoms with Crippen molar-refractivity contribution in [2.45, 2.75) is 27.2 Å². The van der Waals surface area contributed by atoms with Crippen molar-refractivity contribution in [3.8, 4) is 0 Å². The molecule has 0 spiro atoms. The Balaban J connectivity index is 2.79. The van der Waals surface area contributed by atoms with Gasteiger partial charge in [-0.3, -0.25) is 0 Å². The first-order valence-corrected chi connectivity index (χ1v) is 4.71. The Morgan fingerprint density at radius 1 is 1.58 bits per heavy atom. The molecule has 0 bridgehead atoms. The maximum absolute atomic E-state index is 5.79. The minimum atomic E-state index is 0.321. The highest BCUT2D eigenvalue weighted by molar-refractivity contribution is 5.33. The van der Waals surface area contributed by atoms with Crippen LogP contribution in [0.25, 0.3) is 0 Å². The van der Waals surface area contributed by atoms with Crippen LogP contribution in [0, 0.1) is 11.3 Å². The van der Waals surface area contributed by atoms with E-state index in [0.717, 1.165) is 12.5 Å². The molecule has 12 heavy (non-hydrogen) atoms. The molecule has 0 saturated heterocycles. The molecule has 0 aromatic carbocycles. The summed E-state index contributed by atoms with van der Waals surface area (Å²) in [5, 5.41) is 0. The Labute approximate surface area is 75.3 Å². The predicted molar refractivity (Wildman–Crippen MR) is 53.8 cm³/mol. The summed E-state index contributed by atoms with van der Waals surface area (Å²) in [5.41, 5.74) is 7.53. The van der Waals surface area contributed by atoms with Crippen LogP contribution >= 0.6 is 0 Å². The normalized spacial score (nSPS) is 36.0. The van der Waals surface area contributed by atoms with Crippen LogP contribution in [0.15, 0.2) is 23.8 Å². The van der Waals surface area contributed by atoms with Crippen molar-refractivity contribution in [1.82, 2.24) is 0 Å². The van der Waals surface area contributed by atoms with Crippen molar-refractivity contribution in [1.29, 1.82) is 0 Å². The molecule has 0 aromatic heterocycles. The highest BCUT2D eigenvalue weighted by Crippen LogP contribution is 2.56. The van der Waals surface area contributed by atoms with E-state index in [0.29, 0.717) is 5.41 Å². The smallest absolute Gasteiger partial charge is 0.0101 e. The molecular weight excluding hydrogens is 146 g/mol. The van der Waals surface area contributed by atoms with E-state index in [2.05, 4.69) is 39.0 Å². The molecule has 1 fully saturated rings. The molecule has 2 atom stereocenters. The van der Waals surface area contributed by atoms with Crippen LogP contribution in [0.2, 0.25) is 0 Å². The predicted octanol–water partition coefficient (Wildman–Crippen LogP) is 2.49. The second-order valence-corrected chi connectivity index (χ2v) is 3.71. The van der Waals surface area contributed by atoms with Crippen LogP contribution in [0.5, 0.6) is 0 Å². The molecule has 1 heteroatoms. The summed E-state index contributed by atoms with van der Waals surface area (Å²) < 4.78 is 0. The van der Waals surface area contributed by atoms with Gasteiger partial charge in [0, 0.05) is 12.0 Å². The molecule has 0 heterocycles. The fourth-order valence-electron chi connectivity index (χ4n) is 2.02. The fraction of sp³-hybridized carbons (Fsp3) is 0.636. The summed E-state index contributed by atoms with van der Waals surface area (Å²) >= 11 is 0. The summed E-state index contributed by atoms with van der Waals surface area (Å²) in [7, 11) is 0. The zero-order valence-electron chi connectivity index (χ0n) is 8.30. The Bertz CT molecular complexity index is 211. The van der Waals surface area contributed by atoms with Crippen molar-refractivity contribution in [2.24, 2.45) is 17.1 Å². The van der Waals surface area contributed by atoms with Crippen LogP contribution in [0.3, 0.4) is 0 Å². The number of allylic oxidation sites excluding steroid dienone is 3. The SMILES string of the molecule is C/C=C\C(=C/C)C1(CN)C[C@H]1C.